The molecule has 6 heteroatoms. The molecule has 2 N–H and O–H groups in total. The predicted octanol–water partition coefficient (Wildman–Crippen LogP) is 2.35. The second-order valence-electron chi connectivity index (χ2n) is 4.87. The van der Waals surface area contributed by atoms with Crippen LogP contribution >= 0.6 is 0 Å². The highest BCUT2D eigenvalue weighted by molar-refractivity contribution is 5.94. The number of furan rings is 1. The van der Waals surface area contributed by atoms with E-state index < -0.39 is 0 Å². The number of nitrogens with one attached hydrogen (secondary N) is 2. The maximum atomic E-state index is 11.9. The van der Waals surface area contributed by atoms with E-state index >= 15 is 0 Å². The highest BCUT2D eigenvalue weighted by Gasteiger charge is 2.11. The van der Waals surface area contributed by atoms with Gasteiger partial charge in [-0.3, -0.25) is 9.89 Å². The molecule has 0 atom stereocenters. The van der Waals surface area contributed by atoms with Crippen molar-refractivity contribution in [1.82, 2.24) is 20.5 Å². The molecule has 0 saturated carbocycles. The number of benzene rings is 1. The van der Waals surface area contributed by atoms with Crippen molar-refractivity contribution in [1.29, 1.82) is 0 Å². The molecular formula is C16H16N4O2. The van der Waals surface area contributed by atoms with Crippen LogP contribution < -0.4 is 5.32 Å². The Balaban J connectivity index is 1.56. The summed E-state index contributed by atoms with van der Waals surface area (Å²) in [6, 6.07) is 11.4. The van der Waals surface area contributed by atoms with Gasteiger partial charge < -0.3 is 9.73 Å². The molecule has 1 aromatic carbocycles. The van der Waals surface area contributed by atoms with E-state index in [1.165, 1.54) is 6.26 Å². The summed E-state index contributed by atoms with van der Waals surface area (Å²) in [7, 11) is 0. The molecule has 1 amide bonds. The fraction of sp³-hybridized carbons (Fsp3) is 0.188. The number of aryl methyl sites for hydroxylation is 1. The van der Waals surface area contributed by atoms with Crippen LogP contribution in [-0.2, 0) is 6.42 Å². The van der Waals surface area contributed by atoms with Crippen LogP contribution in [0, 0.1) is 6.92 Å². The number of hydrogen-bond acceptors (Lipinski definition) is 4. The van der Waals surface area contributed by atoms with E-state index in [9.17, 15) is 4.79 Å². The number of nitrogens with zero attached hydrogens (tertiary/aromatic N) is 2. The van der Waals surface area contributed by atoms with E-state index in [0.717, 1.165) is 11.4 Å². The van der Waals surface area contributed by atoms with Crippen LogP contribution in [0.5, 0.6) is 0 Å². The standard InChI is InChI=1S/C16H16N4O2/c1-11-13(8-10-22-11)16(21)17-9-7-14-18-15(20-19-14)12-5-3-2-4-6-12/h2-6,8,10H,7,9H2,1H3,(H,17,21)(H,18,19,20). The molecule has 0 radical (unpaired) electrons. The van der Waals surface area contributed by atoms with Crippen molar-refractivity contribution in [2.75, 3.05) is 6.54 Å². The number of carbonyl (C=O) groups is 1. The molecule has 6 nitrogen and oxygen atoms in total. The second-order valence-corrected chi connectivity index (χ2v) is 4.87. The zero-order chi connectivity index (χ0) is 15.4. The highest BCUT2D eigenvalue weighted by Crippen LogP contribution is 2.13. The quantitative estimate of drug-likeness (QED) is 0.757. The van der Waals surface area contributed by atoms with E-state index in [1.807, 2.05) is 30.3 Å². The molecule has 0 unspecified atom stereocenters. The lowest BCUT2D eigenvalue weighted by Gasteiger charge is -2.02. The van der Waals surface area contributed by atoms with Gasteiger partial charge in [0.25, 0.3) is 5.91 Å². The maximum Gasteiger partial charge on any atom is 0.254 e. The summed E-state index contributed by atoms with van der Waals surface area (Å²) in [4.78, 5) is 16.3. The van der Waals surface area contributed by atoms with Gasteiger partial charge in [-0.2, -0.15) is 5.10 Å². The number of H-pyrrole nitrogens is 1. The largest absolute Gasteiger partial charge is 0.469 e. The average Bonchev–Trinajstić information content (AvgIpc) is 3.17. The first-order chi connectivity index (χ1) is 10.7. The average molecular weight is 296 g/mol. The third-order valence-corrected chi connectivity index (χ3v) is 3.31. The Bertz CT molecular complexity index is 761. The predicted molar refractivity (Wildman–Crippen MR) is 81.3 cm³/mol. The van der Waals surface area contributed by atoms with E-state index in [-0.39, 0.29) is 5.91 Å². The molecule has 0 spiro atoms. The molecule has 0 aliphatic carbocycles. The highest BCUT2D eigenvalue weighted by atomic mass is 16.3. The van der Waals surface area contributed by atoms with E-state index in [0.29, 0.717) is 30.1 Å². The summed E-state index contributed by atoms with van der Waals surface area (Å²) >= 11 is 0. The molecule has 3 aromatic rings. The molecule has 0 bridgehead atoms. The Labute approximate surface area is 127 Å². The molecular weight excluding hydrogens is 280 g/mol. The van der Waals surface area contributed by atoms with Crippen LogP contribution in [0.15, 0.2) is 47.1 Å². The number of aromatic amines is 1. The third-order valence-electron chi connectivity index (χ3n) is 3.31. The molecule has 0 aliphatic rings. The Morgan fingerprint density at radius 1 is 1.27 bits per heavy atom. The Morgan fingerprint density at radius 2 is 2.09 bits per heavy atom. The Hall–Kier alpha value is -2.89. The fourth-order valence-electron chi connectivity index (χ4n) is 2.13. The second kappa shape index (κ2) is 6.26. The summed E-state index contributed by atoms with van der Waals surface area (Å²) in [5, 5.41) is 9.91. The van der Waals surface area contributed by atoms with Crippen molar-refractivity contribution < 1.29 is 9.21 Å². The Kier molecular flexibility index (Phi) is 4.00. The van der Waals surface area contributed by atoms with Gasteiger partial charge in [-0.15, -0.1) is 0 Å². The van der Waals surface area contributed by atoms with Gasteiger partial charge in [-0.1, -0.05) is 30.3 Å². The number of aromatic nitrogens is 3. The SMILES string of the molecule is Cc1occc1C(=O)NCCc1nc(-c2ccccc2)n[nH]1. The first-order valence-corrected chi connectivity index (χ1v) is 7.03. The molecule has 22 heavy (non-hydrogen) atoms. The lowest BCUT2D eigenvalue weighted by molar-refractivity contribution is 0.0952. The van der Waals surface area contributed by atoms with Crippen LogP contribution in [0.3, 0.4) is 0 Å². The van der Waals surface area contributed by atoms with Gasteiger partial charge >= 0.3 is 0 Å². The van der Waals surface area contributed by atoms with Crippen molar-refractivity contribution in [3.8, 4) is 11.4 Å². The number of rotatable bonds is 5. The minimum atomic E-state index is -0.144. The van der Waals surface area contributed by atoms with Crippen LogP contribution in [0.1, 0.15) is 21.9 Å². The van der Waals surface area contributed by atoms with Gasteiger partial charge in [-0.05, 0) is 13.0 Å². The van der Waals surface area contributed by atoms with E-state index in [4.69, 9.17) is 4.42 Å². The van der Waals surface area contributed by atoms with Crippen LogP contribution in [0.2, 0.25) is 0 Å². The molecule has 2 aromatic heterocycles. The van der Waals surface area contributed by atoms with Crippen molar-refractivity contribution in [3.05, 3.63) is 59.8 Å². The lowest BCUT2D eigenvalue weighted by Crippen LogP contribution is -2.26. The van der Waals surface area contributed by atoms with Gasteiger partial charge in [0.2, 0.25) is 0 Å². The summed E-state index contributed by atoms with van der Waals surface area (Å²) in [5.74, 6) is 1.87. The number of carbonyl (C=O) groups excluding carboxylic acids is 1. The monoisotopic (exact) mass is 296 g/mol. The van der Waals surface area contributed by atoms with Crippen LogP contribution in [-0.4, -0.2) is 27.6 Å². The summed E-state index contributed by atoms with van der Waals surface area (Å²) in [6.45, 7) is 2.24. The van der Waals surface area contributed by atoms with Gasteiger partial charge in [0.05, 0.1) is 11.8 Å². The number of hydrogen-bond donors (Lipinski definition) is 2. The molecule has 3 rings (SSSR count). The van der Waals surface area contributed by atoms with E-state index in [2.05, 4.69) is 20.5 Å². The topological polar surface area (TPSA) is 83.8 Å². The van der Waals surface area contributed by atoms with Crippen molar-refractivity contribution >= 4 is 5.91 Å². The first kappa shape index (κ1) is 14.1. The van der Waals surface area contributed by atoms with E-state index in [1.54, 1.807) is 13.0 Å². The summed E-state index contributed by atoms with van der Waals surface area (Å²) < 4.78 is 5.11. The maximum absolute atomic E-state index is 11.9. The van der Waals surface area contributed by atoms with Gasteiger partial charge in [0.15, 0.2) is 5.82 Å². The smallest absolute Gasteiger partial charge is 0.254 e. The summed E-state index contributed by atoms with van der Waals surface area (Å²) in [6.07, 6.45) is 2.09. The minimum absolute atomic E-state index is 0.144. The zero-order valence-corrected chi connectivity index (χ0v) is 12.2. The zero-order valence-electron chi connectivity index (χ0n) is 12.2. The van der Waals surface area contributed by atoms with Crippen LogP contribution in [0.25, 0.3) is 11.4 Å². The summed E-state index contributed by atoms with van der Waals surface area (Å²) in [5.41, 5.74) is 1.52. The van der Waals surface area contributed by atoms with Crippen LogP contribution in [0.4, 0.5) is 0 Å². The Morgan fingerprint density at radius 3 is 2.82 bits per heavy atom. The molecule has 0 fully saturated rings. The fourth-order valence-corrected chi connectivity index (χ4v) is 2.13. The molecule has 0 aliphatic heterocycles. The van der Waals surface area contributed by atoms with Gasteiger partial charge in [0, 0.05) is 18.5 Å². The van der Waals surface area contributed by atoms with Crippen molar-refractivity contribution in [3.63, 3.8) is 0 Å². The first-order valence-electron chi connectivity index (χ1n) is 7.03. The van der Waals surface area contributed by atoms with Gasteiger partial charge in [0.1, 0.15) is 11.6 Å². The molecule has 0 saturated heterocycles. The molecule has 112 valence electrons. The molecule has 2 heterocycles. The normalized spacial score (nSPS) is 10.6. The lowest BCUT2D eigenvalue weighted by atomic mass is 10.2. The van der Waals surface area contributed by atoms with Gasteiger partial charge in [-0.25, -0.2) is 4.98 Å². The minimum Gasteiger partial charge on any atom is -0.469 e. The van der Waals surface area contributed by atoms with Crippen molar-refractivity contribution in [2.45, 2.75) is 13.3 Å². The number of amides is 1. The third kappa shape index (κ3) is 3.06. The van der Waals surface area contributed by atoms with Crippen molar-refractivity contribution in [2.24, 2.45) is 0 Å².